The zero-order valence-corrected chi connectivity index (χ0v) is 12.9. The lowest BCUT2D eigenvalue weighted by atomic mass is 9.99. The molecular formula is C15H25N3S. The molecule has 1 saturated heterocycles. The SMILES string of the molecule is Cc1nc(CN(CC2CCCNC2)C2CC2)sc1C. The van der Waals surface area contributed by atoms with Gasteiger partial charge in [-0.15, -0.1) is 11.3 Å². The van der Waals surface area contributed by atoms with Gasteiger partial charge in [0, 0.05) is 17.5 Å². The monoisotopic (exact) mass is 279 g/mol. The molecule has 2 aliphatic rings. The standard InChI is InChI=1S/C15H25N3S/c1-11-12(2)19-15(17-11)10-18(14-5-6-14)9-13-4-3-7-16-8-13/h13-14,16H,3-10H2,1-2H3. The molecule has 1 aliphatic heterocycles. The Morgan fingerprint density at radius 3 is 2.74 bits per heavy atom. The van der Waals surface area contributed by atoms with Crippen molar-refractivity contribution in [2.75, 3.05) is 19.6 Å². The van der Waals surface area contributed by atoms with Gasteiger partial charge in [-0.25, -0.2) is 4.98 Å². The minimum atomic E-state index is 0.839. The molecule has 106 valence electrons. The minimum absolute atomic E-state index is 0.839. The van der Waals surface area contributed by atoms with Crippen molar-refractivity contribution in [2.24, 2.45) is 5.92 Å². The summed E-state index contributed by atoms with van der Waals surface area (Å²) in [5.74, 6) is 0.844. The van der Waals surface area contributed by atoms with E-state index in [2.05, 4.69) is 24.1 Å². The van der Waals surface area contributed by atoms with Crippen molar-refractivity contribution in [2.45, 2.75) is 52.1 Å². The molecule has 1 atom stereocenters. The summed E-state index contributed by atoms with van der Waals surface area (Å²) in [6.45, 7) is 9.06. The van der Waals surface area contributed by atoms with Crippen LogP contribution in [0.25, 0.3) is 0 Å². The zero-order valence-electron chi connectivity index (χ0n) is 12.1. The van der Waals surface area contributed by atoms with Gasteiger partial charge in [-0.05, 0) is 58.5 Å². The van der Waals surface area contributed by atoms with Crippen LogP contribution in [0.5, 0.6) is 0 Å². The molecule has 4 heteroatoms. The summed E-state index contributed by atoms with van der Waals surface area (Å²) in [4.78, 5) is 8.78. The van der Waals surface area contributed by atoms with E-state index in [0.717, 1.165) is 18.5 Å². The number of nitrogens with zero attached hydrogens (tertiary/aromatic N) is 2. The van der Waals surface area contributed by atoms with E-state index in [0.29, 0.717) is 0 Å². The number of hydrogen-bond donors (Lipinski definition) is 1. The molecule has 1 aromatic heterocycles. The van der Waals surface area contributed by atoms with E-state index in [1.807, 2.05) is 11.3 Å². The van der Waals surface area contributed by atoms with Crippen molar-refractivity contribution >= 4 is 11.3 Å². The summed E-state index contributed by atoms with van der Waals surface area (Å²) in [6.07, 6.45) is 5.53. The number of thiazole rings is 1. The Bertz CT molecular complexity index is 400. The Morgan fingerprint density at radius 1 is 1.32 bits per heavy atom. The molecule has 0 bridgehead atoms. The molecule has 0 amide bonds. The molecule has 0 aromatic carbocycles. The molecular weight excluding hydrogens is 254 g/mol. The van der Waals surface area contributed by atoms with E-state index in [1.54, 1.807) is 0 Å². The predicted molar refractivity (Wildman–Crippen MR) is 80.6 cm³/mol. The number of aryl methyl sites for hydroxylation is 2. The van der Waals surface area contributed by atoms with Gasteiger partial charge >= 0.3 is 0 Å². The highest BCUT2D eigenvalue weighted by molar-refractivity contribution is 7.11. The second-order valence-electron chi connectivity index (χ2n) is 6.12. The van der Waals surface area contributed by atoms with Gasteiger partial charge in [-0.3, -0.25) is 4.90 Å². The van der Waals surface area contributed by atoms with E-state index in [1.165, 1.54) is 60.9 Å². The molecule has 1 unspecified atom stereocenters. The lowest BCUT2D eigenvalue weighted by Crippen LogP contribution is -2.39. The third-order valence-corrected chi connectivity index (χ3v) is 5.42. The van der Waals surface area contributed by atoms with Gasteiger partial charge in [0.15, 0.2) is 0 Å². The summed E-state index contributed by atoms with van der Waals surface area (Å²) in [5.41, 5.74) is 1.22. The largest absolute Gasteiger partial charge is 0.316 e. The lowest BCUT2D eigenvalue weighted by Gasteiger charge is -2.29. The maximum Gasteiger partial charge on any atom is 0.107 e. The van der Waals surface area contributed by atoms with Crippen molar-refractivity contribution in [3.8, 4) is 0 Å². The molecule has 2 heterocycles. The average Bonchev–Trinajstić information content (AvgIpc) is 3.18. The number of aromatic nitrogens is 1. The summed E-state index contributed by atoms with van der Waals surface area (Å²) in [7, 11) is 0. The van der Waals surface area contributed by atoms with Crippen molar-refractivity contribution in [1.82, 2.24) is 15.2 Å². The minimum Gasteiger partial charge on any atom is -0.316 e. The van der Waals surface area contributed by atoms with Crippen LogP contribution in [0.4, 0.5) is 0 Å². The molecule has 0 spiro atoms. The van der Waals surface area contributed by atoms with Crippen molar-refractivity contribution in [1.29, 1.82) is 0 Å². The summed E-state index contributed by atoms with van der Waals surface area (Å²) >= 11 is 1.88. The first-order valence-corrected chi connectivity index (χ1v) is 8.41. The van der Waals surface area contributed by atoms with Crippen LogP contribution in [0.3, 0.4) is 0 Å². The Morgan fingerprint density at radius 2 is 2.16 bits per heavy atom. The fourth-order valence-electron chi connectivity index (χ4n) is 2.97. The predicted octanol–water partition coefficient (Wildman–Crippen LogP) is 2.72. The van der Waals surface area contributed by atoms with Crippen molar-refractivity contribution < 1.29 is 0 Å². The molecule has 0 radical (unpaired) electrons. The van der Waals surface area contributed by atoms with Gasteiger partial charge < -0.3 is 5.32 Å². The smallest absolute Gasteiger partial charge is 0.107 e. The van der Waals surface area contributed by atoms with Gasteiger partial charge in [0.2, 0.25) is 0 Å². The zero-order chi connectivity index (χ0) is 13.2. The average molecular weight is 279 g/mol. The van der Waals surface area contributed by atoms with E-state index in [-0.39, 0.29) is 0 Å². The molecule has 3 nitrogen and oxygen atoms in total. The van der Waals surface area contributed by atoms with Gasteiger partial charge in [-0.2, -0.15) is 0 Å². The number of nitrogens with one attached hydrogen (secondary N) is 1. The van der Waals surface area contributed by atoms with Crippen LogP contribution < -0.4 is 5.32 Å². The van der Waals surface area contributed by atoms with Crippen LogP contribution in [0.2, 0.25) is 0 Å². The topological polar surface area (TPSA) is 28.2 Å². The highest BCUT2D eigenvalue weighted by Gasteiger charge is 2.31. The Labute approximate surface area is 120 Å². The summed E-state index contributed by atoms with van der Waals surface area (Å²) < 4.78 is 0. The van der Waals surface area contributed by atoms with Crippen LogP contribution in [0.1, 0.15) is 41.3 Å². The second-order valence-corrected chi connectivity index (χ2v) is 7.41. The van der Waals surface area contributed by atoms with E-state index < -0.39 is 0 Å². The maximum atomic E-state index is 4.71. The number of hydrogen-bond acceptors (Lipinski definition) is 4. The molecule has 1 saturated carbocycles. The molecule has 2 fully saturated rings. The molecule has 19 heavy (non-hydrogen) atoms. The number of piperidine rings is 1. The highest BCUT2D eigenvalue weighted by atomic mass is 32.1. The third-order valence-electron chi connectivity index (χ3n) is 4.37. The first kappa shape index (κ1) is 13.5. The quantitative estimate of drug-likeness (QED) is 0.898. The van der Waals surface area contributed by atoms with Gasteiger partial charge in [-0.1, -0.05) is 0 Å². The fraction of sp³-hybridized carbons (Fsp3) is 0.800. The number of rotatable bonds is 5. The highest BCUT2D eigenvalue weighted by Crippen LogP contribution is 2.31. The van der Waals surface area contributed by atoms with Crippen molar-refractivity contribution in [3.05, 3.63) is 15.6 Å². The Hall–Kier alpha value is -0.450. The van der Waals surface area contributed by atoms with E-state index in [4.69, 9.17) is 4.98 Å². The Kier molecular flexibility index (Phi) is 4.20. The van der Waals surface area contributed by atoms with Gasteiger partial charge in [0.25, 0.3) is 0 Å². The maximum absolute atomic E-state index is 4.71. The van der Waals surface area contributed by atoms with Crippen LogP contribution in [-0.4, -0.2) is 35.6 Å². The normalized spacial score (nSPS) is 24.1. The van der Waals surface area contributed by atoms with Crippen LogP contribution in [0, 0.1) is 19.8 Å². The van der Waals surface area contributed by atoms with Crippen LogP contribution in [-0.2, 0) is 6.54 Å². The summed E-state index contributed by atoms with van der Waals surface area (Å²) in [6, 6.07) is 0.839. The van der Waals surface area contributed by atoms with Crippen LogP contribution in [0.15, 0.2) is 0 Å². The lowest BCUT2D eigenvalue weighted by molar-refractivity contribution is 0.192. The third kappa shape index (κ3) is 3.56. The summed E-state index contributed by atoms with van der Waals surface area (Å²) in [5, 5.41) is 4.85. The van der Waals surface area contributed by atoms with Gasteiger partial charge in [0.1, 0.15) is 5.01 Å². The molecule has 3 rings (SSSR count). The fourth-order valence-corrected chi connectivity index (χ4v) is 3.93. The van der Waals surface area contributed by atoms with Gasteiger partial charge in [0.05, 0.1) is 12.2 Å². The first-order valence-electron chi connectivity index (χ1n) is 7.60. The first-order chi connectivity index (χ1) is 9.22. The molecule has 1 N–H and O–H groups in total. The van der Waals surface area contributed by atoms with E-state index in [9.17, 15) is 0 Å². The Balaban J connectivity index is 1.60. The molecule has 1 aromatic rings. The second kappa shape index (κ2) is 5.90. The van der Waals surface area contributed by atoms with Crippen molar-refractivity contribution in [3.63, 3.8) is 0 Å². The molecule has 1 aliphatic carbocycles. The van der Waals surface area contributed by atoms with E-state index >= 15 is 0 Å². The van der Waals surface area contributed by atoms with Crippen LogP contribution >= 0.6 is 11.3 Å².